The number of hydrogen-bond acceptors (Lipinski definition) is 3. The summed E-state index contributed by atoms with van der Waals surface area (Å²) in [6.07, 6.45) is 5.99. The van der Waals surface area contributed by atoms with Gasteiger partial charge in [-0.2, -0.15) is 0 Å². The van der Waals surface area contributed by atoms with Gasteiger partial charge in [-0.05, 0) is 25.0 Å². The molecule has 2 fully saturated rings. The third kappa shape index (κ3) is 3.01. The predicted molar refractivity (Wildman–Crippen MR) is 88.6 cm³/mol. The van der Waals surface area contributed by atoms with Crippen molar-refractivity contribution in [1.29, 1.82) is 0 Å². The topological polar surface area (TPSA) is 52.9 Å². The molecule has 23 heavy (non-hydrogen) atoms. The van der Waals surface area contributed by atoms with Gasteiger partial charge < -0.3 is 14.6 Å². The molecule has 2 aromatic rings. The number of pyridine rings is 1. The second kappa shape index (κ2) is 6.02. The molecule has 0 bridgehead atoms. The molecule has 0 aliphatic carbocycles. The lowest BCUT2D eigenvalue weighted by Crippen LogP contribution is -2.45. The van der Waals surface area contributed by atoms with Crippen LogP contribution in [0.2, 0.25) is 5.02 Å². The largest absolute Gasteiger partial charge is 0.336 e. The number of carbonyl (C=O) groups is 1. The Bertz CT molecular complexity index is 722. The Labute approximate surface area is 140 Å². The molecule has 4 heterocycles. The first-order valence-corrected chi connectivity index (χ1v) is 8.47. The fourth-order valence-corrected chi connectivity index (χ4v) is 3.71. The maximum atomic E-state index is 11.8. The molecular weight excluding hydrogens is 314 g/mol. The first-order chi connectivity index (χ1) is 11.2. The summed E-state index contributed by atoms with van der Waals surface area (Å²) < 4.78 is 1.97. The van der Waals surface area contributed by atoms with E-state index in [2.05, 4.69) is 15.2 Å². The van der Waals surface area contributed by atoms with Crippen LogP contribution >= 0.6 is 11.6 Å². The summed E-state index contributed by atoms with van der Waals surface area (Å²) in [5.41, 5.74) is 1.98. The molecule has 7 heteroatoms. The van der Waals surface area contributed by atoms with Crippen LogP contribution in [-0.4, -0.2) is 57.4 Å². The number of piperidine rings is 1. The van der Waals surface area contributed by atoms with Gasteiger partial charge in [0, 0.05) is 51.2 Å². The summed E-state index contributed by atoms with van der Waals surface area (Å²) in [5, 5.41) is 3.60. The summed E-state index contributed by atoms with van der Waals surface area (Å²) in [6.45, 7) is 4.48. The Balaban J connectivity index is 1.37. The highest BCUT2D eigenvalue weighted by Gasteiger charge is 2.30. The van der Waals surface area contributed by atoms with Crippen LogP contribution in [0.4, 0.5) is 4.79 Å². The van der Waals surface area contributed by atoms with Crippen molar-refractivity contribution in [3.05, 3.63) is 35.2 Å². The molecule has 122 valence electrons. The Morgan fingerprint density at radius 3 is 2.78 bits per heavy atom. The lowest BCUT2D eigenvalue weighted by molar-refractivity contribution is 0.131. The van der Waals surface area contributed by atoms with Gasteiger partial charge in [0.15, 0.2) is 0 Å². The highest BCUT2D eigenvalue weighted by molar-refractivity contribution is 6.30. The van der Waals surface area contributed by atoms with Gasteiger partial charge >= 0.3 is 6.03 Å². The number of rotatable bonds is 3. The van der Waals surface area contributed by atoms with Crippen molar-refractivity contribution >= 4 is 23.3 Å². The molecular formula is C16H20ClN5O. The average molecular weight is 334 g/mol. The van der Waals surface area contributed by atoms with Gasteiger partial charge in [0.25, 0.3) is 0 Å². The number of likely N-dealkylation sites (tertiary alicyclic amines) is 1. The Morgan fingerprint density at radius 2 is 2.04 bits per heavy atom. The smallest absolute Gasteiger partial charge is 0.317 e. The maximum absolute atomic E-state index is 11.8. The first kappa shape index (κ1) is 14.8. The van der Waals surface area contributed by atoms with Crippen LogP contribution in [0.3, 0.4) is 0 Å². The van der Waals surface area contributed by atoms with Crippen molar-refractivity contribution in [2.75, 3.05) is 26.2 Å². The quantitative estimate of drug-likeness (QED) is 0.934. The Kier molecular flexibility index (Phi) is 3.87. The van der Waals surface area contributed by atoms with Crippen LogP contribution < -0.4 is 5.32 Å². The van der Waals surface area contributed by atoms with E-state index in [9.17, 15) is 4.79 Å². The molecule has 2 aliphatic rings. The maximum Gasteiger partial charge on any atom is 0.317 e. The zero-order valence-corrected chi connectivity index (χ0v) is 13.7. The third-order valence-corrected chi connectivity index (χ3v) is 4.96. The van der Waals surface area contributed by atoms with Crippen molar-refractivity contribution in [2.45, 2.75) is 25.4 Å². The molecule has 2 amide bonds. The highest BCUT2D eigenvalue weighted by Crippen LogP contribution is 2.20. The summed E-state index contributed by atoms with van der Waals surface area (Å²) >= 11 is 6.01. The number of halogens is 1. The fraction of sp³-hybridized carbons (Fsp3) is 0.500. The van der Waals surface area contributed by atoms with Crippen molar-refractivity contribution in [3.63, 3.8) is 0 Å². The normalized spacial score (nSPS) is 20.4. The van der Waals surface area contributed by atoms with Gasteiger partial charge in [-0.15, -0.1) is 0 Å². The van der Waals surface area contributed by atoms with E-state index in [1.165, 1.54) is 0 Å². The van der Waals surface area contributed by atoms with Crippen molar-refractivity contribution in [2.24, 2.45) is 0 Å². The monoisotopic (exact) mass is 333 g/mol. The van der Waals surface area contributed by atoms with Crippen LogP contribution in [0.25, 0.3) is 5.65 Å². The number of hydrogen-bond donors (Lipinski definition) is 1. The Morgan fingerprint density at radius 1 is 1.22 bits per heavy atom. The van der Waals surface area contributed by atoms with E-state index in [4.69, 9.17) is 11.6 Å². The van der Waals surface area contributed by atoms with Crippen LogP contribution in [0.15, 0.2) is 24.5 Å². The number of fused-ring (bicyclic) bond motifs is 1. The summed E-state index contributed by atoms with van der Waals surface area (Å²) in [6, 6.07) is 4.28. The van der Waals surface area contributed by atoms with Gasteiger partial charge in [-0.3, -0.25) is 4.90 Å². The molecule has 2 saturated heterocycles. The number of nitrogens with one attached hydrogen (secondary N) is 1. The lowest BCUT2D eigenvalue weighted by atomic mass is 10.0. The van der Waals surface area contributed by atoms with Crippen LogP contribution in [0.1, 0.15) is 18.5 Å². The van der Waals surface area contributed by atoms with Crippen molar-refractivity contribution in [3.8, 4) is 0 Å². The summed E-state index contributed by atoms with van der Waals surface area (Å²) in [7, 11) is 0. The molecule has 0 spiro atoms. The number of imidazole rings is 1. The second-order valence-corrected chi connectivity index (χ2v) is 6.71. The third-order valence-electron chi connectivity index (χ3n) is 4.74. The van der Waals surface area contributed by atoms with Crippen molar-refractivity contribution in [1.82, 2.24) is 24.5 Å². The van der Waals surface area contributed by atoms with Gasteiger partial charge in [0.1, 0.15) is 5.65 Å². The van der Waals surface area contributed by atoms with Gasteiger partial charge in [-0.25, -0.2) is 9.78 Å². The van der Waals surface area contributed by atoms with Crippen LogP contribution in [0.5, 0.6) is 0 Å². The molecule has 2 aromatic heterocycles. The van der Waals surface area contributed by atoms with Gasteiger partial charge in [0.2, 0.25) is 0 Å². The molecule has 2 aliphatic heterocycles. The zero-order chi connectivity index (χ0) is 15.8. The van der Waals surface area contributed by atoms with Crippen LogP contribution in [0, 0.1) is 0 Å². The fourth-order valence-electron chi connectivity index (χ4n) is 3.55. The van der Waals surface area contributed by atoms with E-state index in [0.717, 1.165) is 56.9 Å². The minimum absolute atomic E-state index is 0.0979. The predicted octanol–water partition coefficient (Wildman–Crippen LogP) is 1.98. The molecule has 6 nitrogen and oxygen atoms in total. The average Bonchev–Trinajstić information content (AvgIpc) is 3.13. The number of carbonyl (C=O) groups excluding carboxylic acids is 1. The van der Waals surface area contributed by atoms with E-state index in [1.807, 2.05) is 33.8 Å². The number of nitrogens with zero attached hydrogens (tertiary/aromatic N) is 4. The van der Waals surface area contributed by atoms with Gasteiger partial charge in [0.05, 0.1) is 10.7 Å². The summed E-state index contributed by atoms with van der Waals surface area (Å²) in [4.78, 5) is 20.8. The molecule has 0 unspecified atom stereocenters. The molecule has 0 saturated carbocycles. The van der Waals surface area contributed by atoms with E-state index in [1.54, 1.807) is 0 Å². The number of amides is 2. The standard InChI is InChI=1S/C16H20ClN5O/c17-12-1-2-15-19-13(11-21(15)9-12)10-20-6-3-14(4-7-20)22-8-5-18-16(22)23/h1-2,9,11,14H,3-8,10H2,(H,18,23). The van der Waals surface area contributed by atoms with Crippen molar-refractivity contribution < 1.29 is 4.79 Å². The number of aromatic nitrogens is 2. The molecule has 1 N–H and O–H groups in total. The number of urea groups is 1. The zero-order valence-electron chi connectivity index (χ0n) is 12.9. The van der Waals surface area contributed by atoms with E-state index < -0.39 is 0 Å². The first-order valence-electron chi connectivity index (χ1n) is 8.09. The van der Waals surface area contributed by atoms with E-state index in [0.29, 0.717) is 11.1 Å². The summed E-state index contributed by atoms with van der Waals surface area (Å²) in [5.74, 6) is 0. The lowest BCUT2D eigenvalue weighted by Gasteiger charge is -2.35. The molecule has 0 aromatic carbocycles. The highest BCUT2D eigenvalue weighted by atomic mass is 35.5. The molecule has 0 atom stereocenters. The minimum atomic E-state index is 0.0979. The SMILES string of the molecule is O=C1NCCN1C1CCN(Cc2cn3cc(Cl)ccc3n2)CC1. The Hall–Kier alpha value is -1.79. The minimum Gasteiger partial charge on any atom is -0.336 e. The van der Waals surface area contributed by atoms with E-state index >= 15 is 0 Å². The molecule has 0 radical (unpaired) electrons. The van der Waals surface area contributed by atoms with Crippen LogP contribution in [-0.2, 0) is 6.54 Å². The molecule has 4 rings (SSSR count). The second-order valence-electron chi connectivity index (χ2n) is 6.28. The van der Waals surface area contributed by atoms with E-state index in [-0.39, 0.29) is 6.03 Å². The van der Waals surface area contributed by atoms with Gasteiger partial charge in [-0.1, -0.05) is 11.6 Å².